The Hall–Kier alpha value is -1.58. The van der Waals surface area contributed by atoms with Crippen molar-refractivity contribution in [3.63, 3.8) is 0 Å². The SMILES string of the molecule is C=C1OCC2C3C=CC(C2CO1)C1COC(=C)OCC31. The summed E-state index contributed by atoms with van der Waals surface area (Å²) in [6, 6.07) is 0. The number of allylic oxidation sites excluding steroid dienone is 2. The Morgan fingerprint density at radius 2 is 0.950 bits per heavy atom. The average molecular weight is 276 g/mol. The standard InChI is InChI=1S/C16H20O4/c1-9-17-5-13-11-3-4-12(14(13)6-18-9)16-8-20-10(2)19-7-15(11)16/h3-4,11-16H,1-2,5-8H2. The molecule has 4 atom stereocenters. The molecule has 2 saturated heterocycles. The summed E-state index contributed by atoms with van der Waals surface area (Å²) < 4.78 is 22.5. The van der Waals surface area contributed by atoms with Crippen LogP contribution in [0.5, 0.6) is 0 Å². The number of hydrogen-bond acceptors (Lipinski definition) is 4. The van der Waals surface area contributed by atoms with Gasteiger partial charge in [-0.2, -0.15) is 0 Å². The van der Waals surface area contributed by atoms with Crippen molar-refractivity contribution in [2.45, 2.75) is 0 Å². The van der Waals surface area contributed by atoms with Crippen LogP contribution < -0.4 is 0 Å². The molecular weight excluding hydrogens is 256 g/mol. The van der Waals surface area contributed by atoms with E-state index in [0.29, 0.717) is 73.8 Å². The molecule has 3 fully saturated rings. The van der Waals surface area contributed by atoms with Crippen LogP contribution in [0.4, 0.5) is 0 Å². The average Bonchev–Trinajstić information content (AvgIpc) is 2.78. The summed E-state index contributed by atoms with van der Waals surface area (Å²) in [4.78, 5) is 0. The minimum absolute atomic E-state index is 0.458. The number of rotatable bonds is 0. The third-order valence-electron chi connectivity index (χ3n) is 5.38. The monoisotopic (exact) mass is 276 g/mol. The van der Waals surface area contributed by atoms with Gasteiger partial charge in [0.2, 0.25) is 0 Å². The van der Waals surface area contributed by atoms with Gasteiger partial charge in [0.05, 0.1) is 26.4 Å². The molecule has 2 heterocycles. The molecule has 5 aliphatic rings. The quantitative estimate of drug-likeness (QED) is 0.636. The van der Waals surface area contributed by atoms with E-state index in [0.717, 1.165) is 0 Å². The van der Waals surface area contributed by atoms with Gasteiger partial charge in [0, 0.05) is 23.7 Å². The Labute approximate surface area is 119 Å². The molecule has 5 rings (SSSR count). The molecule has 3 aliphatic carbocycles. The van der Waals surface area contributed by atoms with Crippen LogP contribution in [0.1, 0.15) is 0 Å². The molecule has 2 bridgehead atoms. The second-order valence-electron chi connectivity index (χ2n) is 6.18. The maximum atomic E-state index is 5.62. The molecule has 4 unspecified atom stereocenters. The largest absolute Gasteiger partial charge is 0.466 e. The molecule has 20 heavy (non-hydrogen) atoms. The maximum absolute atomic E-state index is 5.62. The van der Waals surface area contributed by atoms with Crippen molar-refractivity contribution in [2.75, 3.05) is 26.4 Å². The lowest BCUT2D eigenvalue weighted by Crippen LogP contribution is -2.52. The van der Waals surface area contributed by atoms with Crippen LogP contribution >= 0.6 is 0 Å². The van der Waals surface area contributed by atoms with E-state index in [2.05, 4.69) is 25.3 Å². The zero-order valence-electron chi connectivity index (χ0n) is 11.5. The molecule has 0 amide bonds. The van der Waals surface area contributed by atoms with Crippen LogP contribution in [0.25, 0.3) is 0 Å². The molecule has 0 N–H and O–H groups in total. The molecule has 0 radical (unpaired) electrons. The second kappa shape index (κ2) is 4.47. The van der Waals surface area contributed by atoms with Gasteiger partial charge in [0.25, 0.3) is 11.9 Å². The Morgan fingerprint density at radius 1 is 0.650 bits per heavy atom. The fourth-order valence-electron chi connectivity index (χ4n) is 4.38. The highest BCUT2D eigenvalue weighted by Gasteiger charge is 2.53. The predicted molar refractivity (Wildman–Crippen MR) is 72.2 cm³/mol. The van der Waals surface area contributed by atoms with Gasteiger partial charge in [-0.05, 0) is 25.0 Å². The zero-order chi connectivity index (χ0) is 13.7. The van der Waals surface area contributed by atoms with Crippen LogP contribution in [-0.4, -0.2) is 26.4 Å². The van der Waals surface area contributed by atoms with E-state index in [9.17, 15) is 0 Å². The first-order valence-corrected chi connectivity index (χ1v) is 7.31. The van der Waals surface area contributed by atoms with Gasteiger partial charge in [-0.1, -0.05) is 12.2 Å². The lowest BCUT2D eigenvalue weighted by atomic mass is 9.54. The van der Waals surface area contributed by atoms with E-state index in [1.807, 2.05) is 0 Å². The van der Waals surface area contributed by atoms with E-state index in [1.54, 1.807) is 0 Å². The molecule has 4 heteroatoms. The van der Waals surface area contributed by atoms with Crippen molar-refractivity contribution in [2.24, 2.45) is 35.5 Å². The van der Waals surface area contributed by atoms with Crippen LogP contribution in [0.3, 0.4) is 0 Å². The van der Waals surface area contributed by atoms with Gasteiger partial charge in [-0.25, -0.2) is 0 Å². The van der Waals surface area contributed by atoms with Gasteiger partial charge in [0.15, 0.2) is 0 Å². The lowest BCUT2D eigenvalue weighted by molar-refractivity contribution is -0.0360. The van der Waals surface area contributed by atoms with E-state index < -0.39 is 0 Å². The minimum Gasteiger partial charge on any atom is -0.466 e. The van der Waals surface area contributed by atoms with Gasteiger partial charge < -0.3 is 18.9 Å². The van der Waals surface area contributed by atoms with E-state index >= 15 is 0 Å². The van der Waals surface area contributed by atoms with Crippen molar-refractivity contribution in [3.8, 4) is 0 Å². The van der Waals surface area contributed by atoms with E-state index in [-0.39, 0.29) is 0 Å². The van der Waals surface area contributed by atoms with Gasteiger partial charge in [-0.15, -0.1) is 0 Å². The Balaban J connectivity index is 1.65. The maximum Gasteiger partial charge on any atom is 0.271 e. The van der Waals surface area contributed by atoms with Crippen molar-refractivity contribution >= 4 is 0 Å². The number of ether oxygens (including phenoxy) is 4. The van der Waals surface area contributed by atoms with Crippen molar-refractivity contribution in [1.29, 1.82) is 0 Å². The van der Waals surface area contributed by atoms with Crippen LogP contribution in [0.2, 0.25) is 0 Å². The summed E-state index contributed by atoms with van der Waals surface area (Å²) in [7, 11) is 0. The Bertz CT molecular complexity index is 395. The first-order valence-electron chi connectivity index (χ1n) is 7.31. The van der Waals surface area contributed by atoms with E-state index in [4.69, 9.17) is 18.9 Å². The molecule has 0 aromatic heterocycles. The highest BCUT2D eigenvalue weighted by atomic mass is 16.7. The summed E-state index contributed by atoms with van der Waals surface area (Å²) in [6.45, 7) is 10.4. The highest BCUT2D eigenvalue weighted by Crippen LogP contribution is 2.53. The predicted octanol–water partition coefficient (Wildman–Crippen LogP) is 2.30. The summed E-state index contributed by atoms with van der Waals surface area (Å²) in [5.74, 6) is 3.81. The topological polar surface area (TPSA) is 36.9 Å². The smallest absolute Gasteiger partial charge is 0.271 e. The molecule has 2 aliphatic heterocycles. The zero-order valence-corrected chi connectivity index (χ0v) is 11.5. The summed E-state index contributed by atoms with van der Waals surface area (Å²) in [6.07, 6.45) is 4.70. The van der Waals surface area contributed by atoms with Crippen molar-refractivity contribution in [3.05, 3.63) is 37.2 Å². The van der Waals surface area contributed by atoms with Gasteiger partial charge in [0.1, 0.15) is 0 Å². The third kappa shape index (κ3) is 1.74. The third-order valence-corrected chi connectivity index (χ3v) is 5.38. The molecule has 0 aromatic rings. The molecule has 0 spiro atoms. The van der Waals surface area contributed by atoms with Crippen LogP contribution in [-0.2, 0) is 18.9 Å². The summed E-state index contributed by atoms with van der Waals surface area (Å²) >= 11 is 0. The summed E-state index contributed by atoms with van der Waals surface area (Å²) in [5.41, 5.74) is 0. The normalized spacial score (nSPS) is 45.8. The van der Waals surface area contributed by atoms with Crippen molar-refractivity contribution in [1.82, 2.24) is 0 Å². The molecule has 1 saturated carbocycles. The first-order chi connectivity index (χ1) is 9.74. The van der Waals surface area contributed by atoms with Gasteiger partial charge in [-0.3, -0.25) is 0 Å². The fourth-order valence-corrected chi connectivity index (χ4v) is 4.38. The van der Waals surface area contributed by atoms with Crippen LogP contribution in [0, 0.1) is 35.5 Å². The molecule has 0 aromatic carbocycles. The van der Waals surface area contributed by atoms with E-state index in [1.165, 1.54) is 0 Å². The summed E-state index contributed by atoms with van der Waals surface area (Å²) in [5, 5.41) is 0. The molecule has 108 valence electrons. The first kappa shape index (κ1) is 12.2. The van der Waals surface area contributed by atoms with Gasteiger partial charge >= 0.3 is 0 Å². The Kier molecular flexibility index (Phi) is 2.72. The highest BCUT2D eigenvalue weighted by molar-refractivity contribution is 5.16. The Morgan fingerprint density at radius 3 is 1.25 bits per heavy atom. The van der Waals surface area contributed by atoms with Crippen molar-refractivity contribution < 1.29 is 18.9 Å². The van der Waals surface area contributed by atoms with Crippen LogP contribution in [0.15, 0.2) is 37.2 Å². The molecule has 4 nitrogen and oxygen atoms in total. The fraction of sp³-hybridized carbons (Fsp3) is 0.625. The second-order valence-corrected chi connectivity index (χ2v) is 6.18. The lowest BCUT2D eigenvalue weighted by Gasteiger charge is -2.51. The number of hydrogen-bond donors (Lipinski definition) is 0. The molecular formula is C16H20O4. The minimum atomic E-state index is 0.458.